The second kappa shape index (κ2) is 7.34. The van der Waals surface area contributed by atoms with Crippen LogP contribution in [0.25, 0.3) is 0 Å². The Morgan fingerprint density at radius 3 is 2.40 bits per heavy atom. The lowest BCUT2D eigenvalue weighted by Gasteiger charge is -2.07. The first-order chi connectivity index (χ1) is 9.79. The third kappa shape index (κ3) is 4.12. The Labute approximate surface area is 119 Å². The van der Waals surface area contributed by atoms with Crippen LogP contribution >= 0.6 is 0 Å². The van der Waals surface area contributed by atoms with E-state index in [-0.39, 0.29) is 5.91 Å². The van der Waals surface area contributed by atoms with Crippen molar-refractivity contribution in [1.29, 1.82) is 0 Å². The van der Waals surface area contributed by atoms with Gasteiger partial charge in [-0.25, -0.2) is 0 Å². The molecule has 0 heterocycles. The Balaban J connectivity index is 1.79. The van der Waals surface area contributed by atoms with Crippen molar-refractivity contribution in [2.75, 3.05) is 13.2 Å². The van der Waals surface area contributed by atoms with Crippen molar-refractivity contribution in [3.63, 3.8) is 0 Å². The second-order valence-electron chi connectivity index (χ2n) is 4.45. The van der Waals surface area contributed by atoms with Crippen LogP contribution in [-0.2, 0) is 6.42 Å². The van der Waals surface area contributed by atoms with Crippen molar-refractivity contribution < 1.29 is 9.53 Å². The molecule has 0 aliphatic carbocycles. The lowest BCUT2D eigenvalue weighted by Crippen LogP contribution is -2.25. The van der Waals surface area contributed by atoms with Crippen molar-refractivity contribution >= 4 is 5.91 Å². The molecule has 0 unspecified atom stereocenters. The zero-order chi connectivity index (χ0) is 14.2. The van der Waals surface area contributed by atoms with E-state index in [2.05, 4.69) is 5.32 Å². The molecule has 0 aliphatic heterocycles. The van der Waals surface area contributed by atoms with Crippen LogP contribution in [0.1, 0.15) is 22.8 Å². The fourth-order valence-corrected chi connectivity index (χ4v) is 1.93. The highest BCUT2D eigenvalue weighted by atomic mass is 16.5. The van der Waals surface area contributed by atoms with Gasteiger partial charge in [-0.05, 0) is 43.2 Å². The predicted molar refractivity (Wildman–Crippen MR) is 80.1 cm³/mol. The Kier molecular flexibility index (Phi) is 5.18. The van der Waals surface area contributed by atoms with Gasteiger partial charge in [-0.1, -0.05) is 30.3 Å². The Bertz CT molecular complexity index is 535. The van der Waals surface area contributed by atoms with Gasteiger partial charge >= 0.3 is 0 Å². The molecule has 0 radical (unpaired) electrons. The molecule has 0 bridgehead atoms. The fourth-order valence-electron chi connectivity index (χ4n) is 1.93. The van der Waals surface area contributed by atoms with Gasteiger partial charge in [0.15, 0.2) is 0 Å². The largest absolute Gasteiger partial charge is 0.494 e. The molecule has 0 spiro atoms. The van der Waals surface area contributed by atoms with Gasteiger partial charge in [0.05, 0.1) is 6.61 Å². The molecule has 3 nitrogen and oxygen atoms in total. The van der Waals surface area contributed by atoms with Gasteiger partial charge in [0.2, 0.25) is 0 Å². The SMILES string of the molecule is CCOc1ccc(CCNC(=O)c2ccccc2)cc1. The third-order valence-corrected chi connectivity index (χ3v) is 2.97. The average Bonchev–Trinajstić information content (AvgIpc) is 2.50. The Morgan fingerprint density at radius 2 is 1.75 bits per heavy atom. The maximum absolute atomic E-state index is 11.8. The average molecular weight is 269 g/mol. The standard InChI is InChI=1S/C17H19NO2/c1-2-20-16-10-8-14(9-11-16)12-13-18-17(19)15-6-4-3-5-7-15/h3-11H,2,12-13H2,1H3,(H,18,19). The van der Waals surface area contributed by atoms with Crippen LogP contribution in [0, 0.1) is 0 Å². The van der Waals surface area contributed by atoms with Crippen molar-refractivity contribution in [3.05, 3.63) is 65.7 Å². The smallest absolute Gasteiger partial charge is 0.251 e. The molecule has 1 amide bonds. The van der Waals surface area contributed by atoms with Crippen LogP contribution in [0.15, 0.2) is 54.6 Å². The number of hydrogen-bond donors (Lipinski definition) is 1. The second-order valence-corrected chi connectivity index (χ2v) is 4.45. The minimum absolute atomic E-state index is 0.0310. The van der Waals surface area contributed by atoms with Gasteiger partial charge < -0.3 is 10.1 Å². The Morgan fingerprint density at radius 1 is 1.05 bits per heavy atom. The summed E-state index contributed by atoms with van der Waals surface area (Å²) >= 11 is 0. The molecule has 3 heteroatoms. The van der Waals surface area contributed by atoms with Crippen LogP contribution in [0.2, 0.25) is 0 Å². The van der Waals surface area contributed by atoms with Crippen molar-refractivity contribution in [1.82, 2.24) is 5.32 Å². The van der Waals surface area contributed by atoms with Crippen LogP contribution < -0.4 is 10.1 Å². The molecule has 0 aromatic heterocycles. The minimum atomic E-state index is -0.0310. The van der Waals surface area contributed by atoms with Crippen molar-refractivity contribution in [2.45, 2.75) is 13.3 Å². The van der Waals surface area contributed by atoms with E-state index in [1.807, 2.05) is 61.5 Å². The van der Waals surface area contributed by atoms with Crippen LogP contribution in [-0.4, -0.2) is 19.1 Å². The number of nitrogens with one attached hydrogen (secondary N) is 1. The quantitative estimate of drug-likeness (QED) is 0.875. The summed E-state index contributed by atoms with van der Waals surface area (Å²) in [4.78, 5) is 11.8. The molecule has 1 N–H and O–H groups in total. The predicted octanol–water partition coefficient (Wildman–Crippen LogP) is 3.06. The van der Waals surface area contributed by atoms with Gasteiger partial charge in [0, 0.05) is 12.1 Å². The minimum Gasteiger partial charge on any atom is -0.494 e. The third-order valence-electron chi connectivity index (χ3n) is 2.97. The number of carbonyl (C=O) groups is 1. The first kappa shape index (κ1) is 14.1. The van der Waals surface area contributed by atoms with Crippen molar-refractivity contribution in [2.24, 2.45) is 0 Å². The topological polar surface area (TPSA) is 38.3 Å². The molecular weight excluding hydrogens is 250 g/mol. The first-order valence-corrected chi connectivity index (χ1v) is 6.84. The summed E-state index contributed by atoms with van der Waals surface area (Å²) in [5, 5.41) is 2.92. The number of hydrogen-bond acceptors (Lipinski definition) is 2. The number of carbonyl (C=O) groups excluding carboxylic acids is 1. The van der Waals surface area contributed by atoms with E-state index >= 15 is 0 Å². The molecule has 0 saturated heterocycles. The number of amides is 1. The molecule has 0 saturated carbocycles. The summed E-state index contributed by atoms with van der Waals surface area (Å²) in [5.74, 6) is 0.848. The maximum Gasteiger partial charge on any atom is 0.251 e. The lowest BCUT2D eigenvalue weighted by atomic mass is 10.1. The van der Waals surface area contributed by atoms with Gasteiger partial charge in [-0.2, -0.15) is 0 Å². The molecule has 2 aromatic rings. The van der Waals surface area contributed by atoms with E-state index in [1.165, 1.54) is 5.56 Å². The highest BCUT2D eigenvalue weighted by Gasteiger charge is 2.03. The van der Waals surface area contributed by atoms with Gasteiger partial charge in [-0.3, -0.25) is 4.79 Å². The molecule has 2 rings (SSSR count). The Hall–Kier alpha value is -2.29. The lowest BCUT2D eigenvalue weighted by molar-refractivity contribution is 0.0954. The summed E-state index contributed by atoms with van der Waals surface area (Å²) in [7, 11) is 0. The van der Waals surface area contributed by atoms with Crippen molar-refractivity contribution in [3.8, 4) is 5.75 Å². The fraction of sp³-hybridized carbons (Fsp3) is 0.235. The zero-order valence-electron chi connectivity index (χ0n) is 11.6. The van der Waals surface area contributed by atoms with Crippen LogP contribution in [0.3, 0.4) is 0 Å². The van der Waals surface area contributed by atoms with Crippen LogP contribution in [0.5, 0.6) is 5.75 Å². The van der Waals surface area contributed by atoms with Gasteiger partial charge in [0.25, 0.3) is 5.91 Å². The van der Waals surface area contributed by atoms with Gasteiger partial charge in [0.1, 0.15) is 5.75 Å². The number of benzene rings is 2. The van der Waals surface area contributed by atoms with E-state index in [1.54, 1.807) is 0 Å². The summed E-state index contributed by atoms with van der Waals surface area (Å²) in [6.45, 7) is 3.27. The zero-order valence-corrected chi connectivity index (χ0v) is 11.6. The molecular formula is C17H19NO2. The summed E-state index contributed by atoms with van der Waals surface area (Å²) in [6.07, 6.45) is 0.810. The van der Waals surface area contributed by atoms with Crippen LogP contribution in [0.4, 0.5) is 0 Å². The highest BCUT2D eigenvalue weighted by molar-refractivity contribution is 5.94. The number of ether oxygens (including phenoxy) is 1. The van der Waals surface area contributed by atoms with Gasteiger partial charge in [-0.15, -0.1) is 0 Å². The van der Waals surface area contributed by atoms with E-state index in [0.717, 1.165) is 12.2 Å². The number of rotatable bonds is 6. The first-order valence-electron chi connectivity index (χ1n) is 6.84. The summed E-state index contributed by atoms with van der Waals surface area (Å²) < 4.78 is 5.39. The van der Waals surface area contributed by atoms with E-state index in [0.29, 0.717) is 18.7 Å². The molecule has 0 aliphatic rings. The van der Waals surface area contributed by atoms with E-state index in [4.69, 9.17) is 4.74 Å². The maximum atomic E-state index is 11.8. The summed E-state index contributed by atoms with van der Waals surface area (Å²) in [5.41, 5.74) is 1.88. The molecule has 104 valence electrons. The van der Waals surface area contributed by atoms with E-state index in [9.17, 15) is 4.79 Å². The van der Waals surface area contributed by atoms with E-state index < -0.39 is 0 Å². The monoisotopic (exact) mass is 269 g/mol. The summed E-state index contributed by atoms with van der Waals surface area (Å²) in [6, 6.07) is 17.2. The highest BCUT2D eigenvalue weighted by Crippen LogP contribution is 2.12. The molecule has 20 heavy (non-hydrogen) atoms. The molecule has 0 fully saturated rings. The molecule has 2 aromatic carbocycles. The normalized spacial score (nSPS) is 10.1. The molecule has 0 atom stereocenters.